The molecule has 1 aliphatic carbocycles. The number of carbonyl (C=O) groups excluding carboxylic acids is 1. The molecule has 3 N–H and O–H groups in total. The van der Waals surface area contributed by atoms with E-state index in [1.807, 2.05) is 12.1 Å². The monoisotopic (exact) mass is 440 g/mol. The highest BCUT2D eigenvalue weighted by Gasteiger charge is 2.16. The van der Waals surface area contributed by atoms with Crippen LogP contribution in [0.25, 0.3) is 0 Å². The molecular weight excluding hydrogens is 419 g/mol. The lowest BCUT2D eigenvalue weighted by atomic mass is 10.1. The number of hydrogen-bond acceptors (Lipinski definition) is 4. The van der Waals surface area contributed by atoms with E-state index in [0.29, 0.717) is 17.5 Å². The number of nitrogens with two attached hydrogens (primary N) is 1. The Labute approximate surface area is 150 Å². The van der Waals surface area contributed by atoms with Gasteiger partial charge in [-0.15, -0.1) is 12.4 Å². The lowest BCUT2D eigenvalue weighted by Gasteiger charge is -2.16. The number of methoxy groups -OCH3 is 1. The molecule has 1 aliphatic rings. The summed E-state index contributed by atoms with van der Waals surface area (Å²) in [5.74, 6) is 0.702. The number of amides is 1. The maximum Gasteiger partial charge on any atom is 0.255 e. The van der Waals surface area contributed by atoms with Crippen molar-refractivity contribution in [3.8, 4) is 11.5 Å². The zero-order valence-electron chi connectivity index (χ0n) is 12.6. The molecule has 0 aliphatic heterocycles. The van der Waals surface area contributed by atoms with E-state index in [2.05, 4.69) is 27.9 Å². The summed E-state index contributed by atoms with van der Waals surface area (Å²) in [4.78, 5) is 10.8. The first-order valence-electron chi connectivity index (χ1n) is 7.11. The van der Waals surface area contributed by atoms with E-state index in [1.54, 1.807) is 7.11 Å². The summed E-state index contributed by atoms with van der Waals surface area (Å²) in [7, 11) is 1.59. The number of ether oxygens (including phenoxy) is 2. The molecule has 1 saturated carbocycles. The Kier molecular flexibility index (Phi) is 8.27. The third kappa shape index (κ3) is 5.48. The summed E-state index contributed by atoms with van der Waals surface area (Å²) in [6.45, 7) is 0.666. The Morgan fingerprint density at radius 1 is 1.41 bits per heavy atom. The van der Waals surface area contributed by atoms with Crippen molar-refractivity contribution in [2.45, 2.75) is 38.3 Å². The van der Waals surface area contributed by atoms with Crippen LogP contribution in [0.1, 0.15) is 31.2 Å². The molecule has 0 heterocycles. The van der Waals surface area contributed by atoms with Crippen molar-refractivity contribution < 1.29 is 14.3 Å². The molecule has 0 bridgehead atoms. The van der Waals surface area contributed by atoms with Crippen LogP contribution in [0, 0.1) is 3.57 Å². The topological polar surface area (TPSA) is 73.6 Å². The average Bonchev–Trinajstić information content (AvgIpc) is 2.96. The predicted molar refractivity (Wildman–Crippen MR) is 96.7 cm³/mol. The highest BCUT2D eigenvalue weighted by molar-refractivity contribution is 14.1. The lowest BCUT2D eigenvalue weighted by Crippen LogP contribution is -2.25. The second-order valence-electron chi connectivity index (χ2n) is 5.23. The van der Waals surface area contributed by atoms with Gasteiger partial charge in [0.2, 0.25) is 0 Å². The first-order chi connectivity index (χ1) is 10.1. The second-order valence-corrected chi connectivity index (χ2v) is 6.39. The Morgan fingerprint density at radius 2 is 2.09 bits per heavy atom. The minimum Gasteiger partial charge on any atom is -0.493 e. The first-order valence-corrected chi connectivity index (χ1v) is 8.19. The van der Waals surface area contributed by atoms with Gasteiger partial charge >= 0.3 is 0 Å². The molecule has 2 rings (SSSR count). The van der Waals surface area contributed by atoms with Gasteiger partial charge in [0.1, 0.15) is 0 Å². The fraction of sp³-hybridized carbons (Fsp3) is 0.533. The Morgan fingerprint density at radius 3 is 2.68 bits per heavy atom. The van der Waals surface area contributed by atoms with E-state index in [-0.39, 0.29) is 19.0 Å². The van der Waals surface area contributed by atoms with E-state index in [0.717, 1.165) is 15.7 Å². The van der Waals surface area contributed by atoms with Gasteiger partial charge in [-0.2, -0.15) is 0 Å². The van der Waals surface area contributed by atoms with E-state index in [4.69, 9.17) is 15.2 Å². The first kappa shape index (κ1) is 19.3. The van der Waals surface area contributed by atoms with Crippen molar-refractivity contribution >= 4 is 40.9 Å². The summed E-state index contributed by atoms with van der Waals surface area (Å²) >= 11 is 2.18. The van der Waals surface area contributed by atoms with Crippen molar-refractivity contribution in [1.82, 2.24) is 5.32 Å². The zero-order chi connectivity index (χ0) is 15.2. The van der Waals surface area contributed by atoms with E-state index in [9.17, 15) is 4.79 Å². The number of primary amides is 1. The molecule has 0 atom stereocenters. The molecule has 22 heavy (non-hydrogen) atoms. The molecule has 0 aromatic heterocycles. The van der Waals surface area contributed by atoms with Crippen LogP contribution in [0.15, 0.2) is 12.1 Å². The average molecular weight is 441 g/mol. The molecule has 1 fully saturated rings. The van der Waals surface area contributed by atoms with Gasteiger partial charge in [-0.05, 0) is 53.1 Å². The van der Waals surface area contributed by atoms with Crippen LogP contribution in [0.2, 0.25) is 0 Å². The summed E-state index contributed by atoms with van der Waals surface area (Å²) in [5, 5.41) is 3.57. The van der Waals surface area contributed by atoms with Crippen LogP contribution in [0.4, 0.5) is 0 Å². The van der Waals surface area contributed by atoms with Gasteiger partial charge in [-0.3, -0.25) is 4.79 Å². The van der Waals surface area contributed by atoms with Gasteiger partial charge in [-0.1, -0.05) is 12.8 Å². The Balaban J connectivity index is 0.00000242. The SMILES string of the molecule is COc1cc(CNC2CCCC2)cc(I)c1OCC(N)=O.Cl. The fourth-order valence-corrected chi connectivity index (χ4v) is 3.37. The smallest absolute Gasteiger partial charge is 0.255 e. The van der Waals surface area contributed by atoms with Crippen molar-refractivity contribution in [3.05, 3.63) is 21.3 Å². The maximum absolute atomic E-state index is 10.8. The fourth-order valence-electron chi connectivity index (χ4n) is 2.55. The quantitative estimate of drug-likeness (QED) is 0.639. The Bertz CT molecular complexity index is 508. The number of nitrogens with one attached hydrogen (secondary N) is 1. The predicted octanol–water partition coefficient (Wildman–Crippen LogP) is 2.62. The van der Waals surface area contributed by atoms with Crippen molar-refractivity contribution in [1.29, 1.82) is 0 Å². The van der Waals surface area contributed by atoms with Gasteiger partial charge in [0.05, 0.1) is 10.7 Å². The molecule has 0 spiro atoms. The van der Waals surface area contributed by atoms with Crippen LogP contribution >= 0.6 is 35.0 Å². The van der Waals surface area contributed by atoms with Crippen LogP contribution in [-0.2, 0) is 11.3 Å². The molecule has 7 heteroatoms. The van der Waals surface area contributed by atoms with E-state index < -0.39 is 5.91 Å². The van der Waals surface area contributed by atoms with Crippen molar-refractivity contribution in [2.75, 3.05) is 13.7 Å². The van der Waals surface area contributed by atoms with Gasteiger partial charge in [0.25, 0.3) is 5.91 Å². The summed E-state index contributed by atoms with van der Waals surface area (Å²) in [6.07, 6.45) is 5.15. The highest BCUT2D eigenvalue weighted by Crippen LogP contribution is 2.34. The molecule has 1 aromatic carbocycles. The van der Waals surface area contributed by atoms with Crippen LogP contribution < -0.4 is 20.5 Å². The summed E-state index contributed by atoms with van der Waals surface area (Å²) in [6, 6.07) is 4.61. The van der Waals surface area contributed by atoms with Gasteiger partial charge < -0.3 is 20.5 Å². The number of halogens is 2. The van der Waals surface area contributed by atoms with Crippen LogP contribution in [-0.4, -0.2) is 25.7 Å². The zero-order valence-corrected chi connectivity index (χ0v) is 15.5. The molecule has 0 unspecified atom stereocenters. The molecule has 0 radical (unpaired) electrons. The number of carbonyl (C=O) groups is 1. The maximum atomic E-state index is 10.8. The second kappa shape index (κ2) is 9.42. The molecule has 124 valence electrons. The van der Waals surface area contributed by atoms with Gasteiger partial charge in [0, 0.05) is 12.6 Å². The van der Waals surface area contributed by atoms with Crippen LogP contribution in [0.3, 0.4) is 0 Å². The third-order valence-electron chi connectivity index (χ3n) is 3.60. The van der Waals surface area contributed by atoms with Gasteiger partial charge in [0.15, 0.2) is 18.1 Å². The number of benzene rings is 1. The summed E-state index contributed by atoms with van der Waals surface area (Å²) < 4.78 is 11.7. The number of rotatable bonds is 7. The minimum atomic E-state index is -0.500. The third-order valence-corrected chi connectivity index (χ3v) is 4.40. The van der Waals surface area contributed by atoms with Crippen LogP contribution in [0.5, 0.6) is 11.5 Å². The highest BCUT2D eigenvalue weighted by atomic mass is 127. The molecule has 0 saturated heterocycles. The van der Waals surface area contributed by atoms with Crippen molar-refractivity contribution in [3.63, 3.8) is 0 Å². The molecule has 5 nitrogen and oxygen atoms in total. The molecular formula is C15H22ClIN2O3. The molecule has 1 amide bonds. The minimum absolute atomic E-state index is 0. The standard InChI is InChI=1S/C15H21IN2O3.ClH/c1-20-13-7-10(8-18-11-4-2-3-5-11)6-12(16)15(13)21-9-14(17)19;/h6-7,11,18H,2-5,8-9H2,1H3,(H2,17,19);1H. The Hall–Kier alpha value is -0.730. The van der Waals surface area contributed by atoms with Gasteiger partial charge in [-0.25, -0.2) is 0 Å². The number of hydrogen-bond donors (Lipinski definition) is 2. The molecule has 1 aromatic rings. The van der Waals surface area contributed by atoms with E-state index >= 15 is 0 Å². The van der Waals surface area contributed by atoms with E-state index in [1.165, 1.54) is 25.7 Å². The normalized spacial score (nSPS) is 14.5. The largest absolute Gasteiger partial charge is 0.493 e. The van der Waals surface area contributed by atoms with Crippen molar-refractivity contribution in [2.24, 2.45) is 5.73 Å². The lowest BCUT2D eigenvalue weighted by molar-refractivity contribution is -0.119. The summed E-state index contributed by atoms with van der Waals surface area (Å²) in [5.41, 5.74) is 6.26.